The molecule has 0 aliphatic heterocycles. The number of fused-ring (bicyclic) bond motifs is 1. The van der Waals surface area contributed by atoms with Crippen molar-refractivity contribution in [2.45, 2.75) is 6.61 Å². The maximum Gasteiger partial charge on any atom is 0.267 e. The number of rotatable bonds is 5. The van der Waals surface area contributed by atoms with Gasteiger partial charge in [0, 0.05) is 28.8 Å². The molecule has 4 rings (SSSR count). The number of nitrogens with zero attached hydrogens (tertiary/aromatic N) is 1. The molecule has 8 heteroatoms. The molecule has 0 spiro atoms. The number of H-pyrrole nitrogens is 1. The minimum Gasteiger partial charge on any atom is -0.380 e. The molecule has 132 valence electrons. The molecule has 0 saturated heterocycles. The summed E-state index contributed by atoms with van der Waals surface area (Å²) in [6.45, 7) is 0.157. The largest absolute Gasteiger partial charge is 0.380 e. The fourth-order valence-electron chi connectivity index (χ4n) is 2.75. The molecule has 4 aromatic rings. The van der Waals surface area contributed by atoms with E-state index in [1.54, 1.807) is 29.5 Å². The zero-order valence-electron chi connectivity index (χ0n) is 13.7. The second-order valence-corrected chi connectivity index (χ2v) is 7.55. The average molecular weight is 387 g/mol. The van der Waals surface area contributed by atoms with Gasteiger partial charge in [0.15, 0.2) is 5.82 Å². The Morgan fingerprint density at radius 1 is 1.35 bits per heavy atom. The Morgan fingerprint density at radius 2 is 2.23 bits per heavy atom. The predicted octanol–water partition coefficient (Wildman–Crippen LogP) is 4.89. The first-order chi connectivity index (χ1) is 12.7. The van der Waals surface area contributed by atoms with E-state index in [9.17, 15) is 9.18 Å². The smallest absolute Gasteiger partial charge is 0.267 e. The maximum atomic E-state index is 14.2. The molecule has 3 aromatic heterocycles. The van der Waals surface area contributed by atoms with Crippen molar-refractivity contribution in [1.29, 1.82) is 0 Å². The van der Waals surface area contributed by atoms with Crippen LogP contribution in [-0.2, 0) is 11.3 Å². The Labute approximate surface area is 156 Å². The van der Waals surface area contributed by atoms with Crippen molar-refractivity contribution in [1.82, 2.24) is 10.2 Å². The highest BCUT2D eigenvalue weighted by atomic mass is 32.1. The number of carbonyl (C=O) groups is 1. The Balaban J connectivity index is 1.66. The van der Waals surface area contributed by atoms with Gasteiger partial charge < -0.3 is 10.1 Å². The van der Waals surface area contributed by atoms with Crippen LogP contribution in [0.1, 0.15) is 15.2 Å². The number of anilines is 1. The quantitative estimate of drug-likeness (QED) is 0.512. The van der Waals surface area contributed by atoms with Gasteiger partial charge in [-0.2, -0.15) is 5.10 Å². The van der Waals surface area contributed by atoms with E-state index in [0.29, 0.717) is 26.3 Å². The van der Waals surface area contributed by atoms with E-state index in [1.807, 2.05) is 17.5 Å². The molecule has 3 heterocycles. The van der Waals surface area contributed by atoms with Gasteiger partial charge in [-0.05, 0) is 23.6 Å². The molecule has 0 aliphatic carbocycles. The lowest BCUT2D eigenvalue weighted by molar-refractivity contribution is 0.102. The number of aromatic nitrogens is 2. The van der Waals surface area contributed by atoms with Crippen molar-refractivity contribution in [2.24, 2.45) is 0 Å². The summed E-state index contributed by atoms with van der Waals surface area (Å²) in [6.07, 6.45) is 0. The van der Waals surface area contributed by atoms with E-state index >= 15 is 0 Å². The Morgan fingerprint density at radius 3 is 3.00 bits per heavy atom. The second-order valence-electron chi connectivity index (χ2n) is 5.55. The monoisotopic (exact) mass is 387 g/mol. The number of halogens is 1. The van der Waals surface area contributed by atoms with Crippen molar-refractivity contribution >= 4 is 44.5 Å². The van der Waals surface area contributed by atoms with Gasteiger partial charge >= 0.3 is 0 Å². The number of nitrogens with one attached hydrogen (secondary N) is 2. The molecule has 1 amide bonds. The third-order valence-corrected chi connectivity index (χ3v) is 5.96. The number of amides is 1. The van der Waals surface area contributed by atoms with Crippen LogP contribution in [0.2, 0.25) is 0 Å². The van der Waals surface area contributed by atoms with E-state index in [4.69, 9.17) is 4.74 Å². The highest BCUT2D eigenvalue weighted by Crippen LogP contribution is 2.34. The lowest BCUT2D eigenvalue weighted by atomic mass is 10.1. The summed E-state index contributed by atoms with van der Waals surface area (Å²) in [5.74, 6) is -0.272. The summed E-state index contributed by atoms with van der Waals surface area (Å²) in [7, 11) is 1.52. The first-order valence-electron chi connectivity index (χ1n) is 7.77. The van der Waals surface area contributed by atoms with Gasteiger partial charge in [0.05, 0.1) is 22.1 Å². The van der Waals surface area contributed by atoms with E-state index < -0.39 is 0 Å². The summed E-state index contributed by atoms with van der Waals surface area (Å²) < 4.78 is 20.1. The highest BCUT2D eigenvalue weighted by molar-refractivity contribution is 7.21. The molecule has 5 nitrogen and oxygen atoms in total. The highest BCUT2D eigenvalue weighted by Gasteiger charge is 2.21. The number of hydrogen-bond donors (Lipinski definition) is 2. The number of carbonyl (C=O) groups excluding carboxylic acids is 1. The molecule has 0 saturated carbocycles. The van der Waals surface area contributed by atoms with Crippen molar-refractivity contribution in [3.05, 3.63) is 58.0 Å². The minimum absolute atomic E-state index is 0.157. The lowest BCUT2D eigenvalue weighted by Crippen LogP contribution is -2.12. The number of hydrogen-bond acceptors (Lipinski definition) is 5. The molecule has 0 bridgehead atoms. The predicted molar refractivity (Wildman–Crippen MR) is 102 cm³/mol. The summed E-state index contributed by atoms with van der Waals surface area (Å²) in [5.41, 5.74) is 1.38. The summed E-state index contributed by atoms with van der Waals surface area (Å²) in [4.78, 5) is 14.2. The van der Waals surface area contributed by atoms with Crippen LogP contribution in [0.3, 0.4) is 0 Å². The van der Waals surface area contributed by atoms with Crippen LogP contribution in [-0.4, -0.2) is 23.2 Å². The van der Waals surface area contributed by atoms with E-state index in [0.717, 1.165) is 10.6 Å². The van der Waals surface area contributed by atoms with Crippen molar-refractivity contribution in [2.75, 3.05) is 12.4 Å². The molecule has 0 atom stereocenters. The van der Waals surface area contributed by atoms with Crippen LogP contribution in [0.5, 0.6) is 0 Å². The maximum absolute atomic E-state index is 14.2. The van der Waals surface area contributed by atoms with Gasteiger partial charge in [0.2, 0.25) is 0 Å². The van der Waals surface area contributed by atoms with Gasteiger partial charge in [-0.15, -0.1) is 22.7 Å². The number of ether oxygens (including phenoxy) is 1. The number of aromatic amines is 1. The fourth-order valence-corrected chi connectivity index (χ4v) is 4.56. The van der Waals surface area contributed by atoms with Gasteiger partial charge in [0.1, 0.15) is 5.82 Å². The molecule has 1 aromatic carbocycles. The topological polar surface area (TPSA) is 67.0 Å². The summed E-state index contributed by atoms with van der Waals surface area (Å²) >= 11 is 2.82. The van der Waals surface area contributed by atoms with Gasteiger partial charge in [0.25, 0.3) is 5.91 Å². The molecule has 0 fully saturated rings. The Hall–Kier alpha value is -2.55. The second kappa shape index (κ2) is 6.99. The van der Waals surface area contributed by atoms with Crippen LogP contribution in [0.25, 0.3) is 20.7 Å². The first-order valence-corrected chi connectivity index (χ1v) is 9.46. The molecule has 0 aliphatic rings. The SMILES string of the molecule is COCc1c(C(=O)Nc2cc(-c3cccs3)[nH]n2)sc2cccc(F)c12. The van der Waals surface area contributed by atoms with Crippen molar-refractivity contribution < 1.29 is 13.9 Å². The van der Waals surface area contributed by atoms with E-state index in [1.165, 1.54) is 24.5 Å². The summed E-state index contributed by atoms with van der Waals surface area (Å²) in [6, 6.07) is 10.5. The fraction of sp³-hybridized carbons (Fsp3) is 0.111. The van der Waals surface area contributed by atoms with Crippen LogP contribution in [0.15, 0.2) is 41.8 Å². The molecular weight excluding hydrogens is 373 g/mol. The first kappa shape index (κ1) is 16.9. The molecular formula is C18H14FN3O2S2. The zero-order valence-corrected chi connectivity index (χ0v) is 15.3. The number of thiophene rings is 2. The Kier molecular flexibility index (Phi) is 4.54. The lowest BCUT2D eigenvalue weighted by Gasteiger charge is -2.04. The van der Waals surface area contributed by atoms with Crippen molar-refractivity contribution in [3.8, 4) is 10.6 Å². The molecule has 2 N–H and O–H groups in total. The average Bonchev–Trinajstić information content (AvgIpc) is 3.34. The van der Waals surface area contributed by atoms with Crippen LogP contribution >= 0.6 is 22.7 Å². The van der Waals surface area contributed by atoms with Crippen molar-refractivity contribution in [3.63, 3.8) is 0 Å². The molecule has 26 heavy (non-hydrogen) atoms. The third-order valence-electron chi connectivity index (χ3n) is 3.86. The molecule has 0 radical (unpaired) electrons. The Bertz CT molecular complexity index is 1070. The number of methoxy groups -OCH3 is 1. The summed E-state index contributed by atoms with van der Waals surface area (Å²) in [5, 5.41) is 12.2. The molecule has 0 unspecified atom stereocenters. The normalized spacial score (nSPS) is 11.2. The van der Waals surface area contributed by atoms with Crippen LogP contribution < -0.4 is 5.32 Å². The van der Waals surface area contributed by atoms with Gasteiger partial charge in [-0.1, -0.05) is 12.1 Å². The van der Waals surface area contributed by atoms with Crippen LogP contribution in [0, 0.1) is 5.82 Å². The van der Waals surface area contributed by atoms with Gasteiger partial charge in [-0.25, -0.2) is 4.39 Å². The van der Waals surface area contributed by atoms with Gasteiger partial charge in [-0.3, -0.25) is 9.89 Å². The van der Waals surface area contributed by atoms with E-state index in [-0.39, 0.29) is 18.3 Å². The number of benzene rings is 1. The zero-order chi connectivity index (χ0) is 18.1. The minimum atomic E-state index is -0.357. The van der Waals surface area contributed by atoms with E-state index in [2.05, 4.69) is 15.5 Å². The standard InChI is InChI=1S/C18H14FN3O2S2/c1-24-9-10-16-11(19)4-2-5-14(16)26-17(10)18(23)20-15-8-12(21-22-15)13-6-3-7-25-13/h2-8H,9H2,1H3,(H2,20,21,22,23). The third kappa shape index (κ3) is 3.03. The van der Waals surface area contributed by atoms with Crippen LogP contribution in [0.4, 0.5) is 10.2 Å².